The van der Waals surface area contributed by atoms with Crippen molar-refractivity contribution >= 4 is 26.7 Å². The Kier molecular flexibility index (Phi) is 3.06. The summed E-state index contributed by atoms with van der Waals surface area (Å²) in [5.74, 6) is -0.561. The molecule has 3 aromatic rings. The van der Waals surface area contributed by atoms with Crippen LogP contribution in [0.3, 0.4) is 0 Å². The summed E-state index contributed by atoms with van der Waals surface area (Å²) in [6.07, 6.45) is 0. The number of hydrogen-bond donors (Lipinski definition) is 2. The molecule has 6 nitrogen and oxygen atoms in total. The molecule has 0 fully saturated rings. The molecule has 3 rings (SSSR count). The molecule has 3 N–H and O–H groups in total. The first-order valence-electron chi connectivity index (χ1n) is 6.33. The highest BCUT2D eigenvalue weighted by Gasteiger charge is 2.23. The number of H-pyrrole nitrogens is 1. The van der Waals surface area contributed by atoms with E-state index in [9.17, 15) is 17.6 Å². The highest BCUT2D eigenvalue weighted by Crippen LogP contribution is 2.22. The van der Waals surface area contributed by atoms with Crippen molar-refractivity contribution in [3.8, 4) is 0 Å². The summed E-state index contributed by atoms with van der Waals surface area (Å²) < 4.78 is 38.9. The number of halogens is 1. The molecule has 0 bridgehead atoms. The lowest BCUT2D eigenvalue weighted by molar-refractivity contribution is 0.586. The molecular weight excluding hydrogens is 309 g/mol. The van der Waals surface area contributed by atoms with E-state index in [1.54, 1.807) is 6.92 Å². The number of hydrogen-bond acceptors (Lipinski definition) is 4. The summed E-state index contributed by atoms with van der Waals surface area (Å²) in [4.78, 5) is 14.3. The number of nitrogen functional groups attached to an aromatic ring is 1. The molecule has 0 aliphatic heterocycles. The second-order valence-electron chi connectivity index (χ2n) is 4.88. The van der Waals surface area contributed by atoms with Gasteiger partial charge >= 0.3 is 5.69 Å². The topological polar surface area (TPSA) is 97.9 Å². The minimum absolute atomic E-state index is 0.175. The van der Waals surface area contributed by atoms with Gasteiger partial charge in [-0.05, 0) is 48.9 Å². The molecule has 8 heteroatoms. The van der Waals surface area contributed by atoms with Gasteiger partial charge in [0, 0.05) is 5.69 Å². The van der Waals surface area contributed by atoms with Crippen molar-refractivity contribution in [1.82, 2.24) is 8.96 Å². The third kappa shape index (κ3) is 2.08. The molecule has 22 heavy (non-hydrogen) atoms. The number of aryl methyl sites for hydroxylation is 1. The molecular formula is C14H12FN3O3S. The molecule has 2 aromatic carbocycles. The Hall–Kier alpha value is -2.61. The number of nitrogens with zero attached hydrogens (tertiary/aromatic N) is 1. The van der Waals surface area contributed by atoms with Crippen LogP contribution in [0.25, 0.3) is 11.0 Å². The summed E-state index contributed by atoms with van der Waals surface area (Å²) in [6.45, 7) is 1.71. The van der Waals surface area contributed by atoms with Gasteiger partial charge in [0.05, 0.1) is 15.9 Å². The maximum atomic E-state index is 13.0. The van der Waals surface area contributed by atoms with Gasteiger partial charge in [-0.3, -0.25) is 0 Å². The highest BCUT2D eigenvalue weighted by molar-refractivity contribution is 7.90. The Balaban J connectivity index is 2.34. The normalized spacial score (nSPS) is 11.9. The quantitative estimate of drug-likeness (QED) is 0.700. The van der Waals surface area contributed by atoms with E-state index in [2.05, 4.69) is 4.98 Å². The molecule has 0 atom stereocenters. The van der Waals surface area contributed by atoms with Crippen LogP contribution in [0.5, 0.6) is 0 Å². The summed E-state index contributed by atoms with van der Waals surface area (Å²) in [7, 11) is -4.13. The minimum atomic E-state index is -4.13. The Bertz CT molecular complexity index is 1030. The first-order chi connectivity index (χ1) is 10.3. The van der Waals surface area contributed by atoms with Crippen molar-refractivity contribution in [2.75, 3.05) is 5.73 Å². The molecule has 0 unspecified atom stereocenters. The van der Waals surface area contributed by atoms with E-state index in [0.29, 0.717) is 20.7 Å². The molecule has 0 saturated heterocycles. The molecule has 0 saturated carbocycles. The van der Waals surface area contributed by atoms with Crippen molar-refractivity contribution in [3.05, 3.63) is 58.3 Å². The fraction of sp³-hybridized carbons (Fsp3) is 0.0714. The summed E-state index contributed by atoms with van der Waals surface area (Å²) in [5.41, 5.74) is 6.56. The highest BCUT2D eigenvalue weighted by atomic mass is 32.2. The number of rotatable bonds is 2. The van der Waals surface area contributed by atoms with E-state index in [0.717, 1.165) is 24.3 Å². The van der Waals surface area contributed by atoms with Crippen LogP contribution in [-0.2, 0) is 10.0 Å². The van der Waals surface area contributed by atoms with Crippen LogP contribution in [0.4, 0.5) is 10.1 Å². The number of imidazole rings is 1. The van der Waals surface area contributed by atoms with Crippen LogP contribution in [0.2, 0.25) is 0 Å². The lowest BCUT2D eigenvalue weighted by Gasteiger charge is -2.07. The predicted molar refractivity (Wildman–Crippen MR) is 80.7 cm³/mol. The zero-order chi connectivity index (χ0) is 16.1. The Labute approximate surface area is 125 Å². The van der Waals surface area contributed by atoms with Crippen LogP contribution in [0.1, 0.15) is 5.56 Å². The number of nitrogens with two attached hydrogens (primary N) is 1. The van der Waals surface area contributed by atoms with Gasteiger partial charge in [0.1, 0.15) is 5.82 Å². The third-order valence-electron chi connectivity index (χ3n) is 3.38. The smallest absolute Gasteiger partial charge is 0.340 e. The Morgan fingerprint density at radius 3 is 2.45 bits per heavy atom. The van der Waals surface area contributed by atoms with Gasteiger partial charge in [-0.25, -0.2) is 17.6 Å². The lowest BCUT2D eigenvalue weighted by atomic mass is 10.2. The first-order valence-corrected chi connectivity index (χ1v) is 7.77. The molecule has 0 aliphatic rings. The third-order valence-corrected chi connectivity index (χ3v) is 5.09. The number of fused-ring (bicyclic) bond motifs is 1. The van der Waals surface area contributed by atoms with Gasteiger partial charge in [-0.15, -0.1) is 0 Å². The number of benzene rings is 2. The molecule has 114 valence electrons. The van der Waals surface area contributed by atoms with Crippen LogP contribution in [0.15, 0.2) is 46.1 Å². The van der Waals surface area contributed by atoms with Gasteiger partial charge in [0.2, 0.25) is 0 Å². The largest absolute Gasteiger partial charge is 0.398 e. The average Bonchev–Trinajstić information content (AvgIpc) is 2.75. The van der Waals surface area contributed by atoms with Crippen LogP contribution in [0, 0.1) is 12.7 Å². The second kappa shape index (κ2) is 4.70. The molecule has 1 aromatic heterocycles. The van der Waals surface area contributed by atoms with Gasteiger partial charge in [-0.2, -0.15) is 3.97 Å². The Morgan fingerprint density at radius 1 is 1.18 bits per heavy atom. The van der Waals surface area contributed by atoms with Crippen molar-refractivity contribution in [2.24, 2.45) is 0 Å². The molecule has 1 heterocycles. The first kappa shape index (κ1) is 14.3. The van der Waals surface area contributed by atoms with Crippen molar-refractivity contribution in [1.29, 1.82) is 0 Å². The summed E-state index contributed by atoms with van der Waals surface area (Å²) >= 11 is 0. The van der Waals surface area contributed by atoms with Gasteiger partial charge in [0.25, 0.3) is 10.0 Å². The van der Waals surface area contributed by atoms with E-state index < -0.39 is 21.5 Å². The predicted octanol–water partition coefficient (Wildman–Crippen LogP) is 1.60. The number of anilines is 1. The molecule has 0 amide bonds. The van der Waals surface area contributed by atoms with E-state index in [-0.39, 0.29) is 10.4 Å². The SMILES string of the molecule is Cc1cc2c(cc1N)[nH]c(=O)n2S(=O)(=O)c1ccc(F)cc1. The van der Waals surface area contributed by atoms with E-state index in [1.165, 1.54) is 12.1 Å². The molecule has 0 spiro atoms. The van der Waals surface area contributed by atoms with Crippen molar-refractivity contribution in [3.63, 3.8) is 0 Å². The van der Waals surface area contributed by atoms with E-state index >= 15 is 0 Å². The second-order valence-corrected chi connectivity index (χ2v) is 6.67. The van der Waals surface area contributed by atoms with Crippen molar-refractivity contribution in [2.45, 2.75) is 11.8 Å². The maximum absolute atomic E-state index is 13.0. The van der Waals surface area contributed by atoms with Gasteiger partial charge in [0.15, 0.2) is 0 Å². The van der Waals surface area contributed by atoms with Gasteiger partial charge < -0.3 is 10.7 Å². The van der Waals surface area contributed by atoms with Crippen LogP contribution < -0.4 is 11.4 Å². The van der Waals surface area contributed by atoms with Crippen LogP contribution >= 0.6 is 0 Å². The maximum Gasteiger partial charge on any atom is 0.340 e. The lowest BCUT2D eigenvalue weighted by Crippen LogP contribution is -2.25. The molecule has 0 radical (unpaired) electrons. The number of nitrogens with one attached hydrogen (secondary N) is 1. The van der Waals surface area contributed by atoms with Gasteiger partial charge in [-0.1, -0.05) is 0 Å². The van der Waals surface area contributed by atoms with E-state index in [4.69, 9.17) is 5.73 Å². The zero-order valence-electron chi connectivity index (χ0n) is 11.5. The fourth-order valence-corrected chi connectivity index (χ4v) is 3.57. The molecule has 0 aliphatic carbocycles. The number of aromatic amines is 1. The van der Waals surface area contributed by atoms with E-state index in [1.807, 2.05) is 0 Å². The standard InChI is InChI=1S/C14H12FN3O3S/c1-8-6-13-12(7-11(8)16)17-14(19)18(13)22(20,21)10-4-2-9(15)3-5-10/h2-7H,16H2,1H3,(H,17,19). The minimum Gasteiger partial charge on any atom is -0.398 e. The van der Waals surface area contributed by atoms with Crippen molar-refractivity contribution < 1.29 is 12.8 Å². The zero-order valence-corrected chi connectivity index (χ0v) is 12.3. The fourth-order valence-electron chi connectivity index (χ4n) is 2.20. The summed E-state index contributed by atoms with van der Waals surface area (Å²) in [6, 6.07) is 7.29. The Morgan fingerprint density at radius 2 is 1.82 bits per heavy atom. The average molecular weight is 321 g/mol. The number of aromatic nitrogens is 2. The monoisotopic (exact) mass is 321 g/mol. The summed E-state index contributed by atoms with van der Waals surface area (Å²) in [5, 5.41) is 0. The van der Waals surface area contributed by atoms with Crippen LogP contribution in [-0.4, -0.2) is 17.4 Å².